The number of morpholine rings is 1. The number of pyridine rings is 2. The molecule has 6 heterocycles. The van der Waals surface area contributed by atoms with E-state index in [0.717, 1.165) is 89.8 Å². The highest BCUT2D eigenvalue weighted by atomic mass is 16.5. The maximum atomic E-state index is 13.1. The Kier molecular flexibility index (Phi) is 7.75. The van der Waals surface area contributed by atoms with Gasteiger partial charge in [0.05, 0.1) is 35.7 Å². The lowest BCUT2D eigenvalue weighted by Gasteiger charge is -2.33. The molecule has 1 aromatic carbocycles. The van der Waals surface area contributed by atoms with Gasteiger partial charge in [-0.25, -0.2) is 4.98 Å². The smallest absolute Gasteiger partial charge is 0.255 e. The average molecular weight is 580 g/mol. The number of nitrogens with zero attached hydrogens (tertiary/aromatic N) is 6. The van der Waals surface area contributed by atoms with Gasteiger partial charge in [0.1, 0.15) is 5.82 Å². The van der Waals surface area contributed by atoms with E-state index in [9.17, 15) is 4.79 Å². The van der Waals surface area contributed by atoms with Crippen LogP contribution in [0.1, 0.15) is 34.1 Å². The number of anilines is 2. The molecule has 2 fully saturated rings. The van der Waals surface area contributed by atoms with Gasteiger partial charge < -0.3 is 25.2 Å². The van der Waals surface area contributed by atoms with Gasteiger partial charge in [-0.05, 0) is 54.7 Å². The van der Waals surface area contributed by atoms with E-state index in [2.05, 4.69) is 72.9 Å². The minimum Gasteiger partial charge on any atom is -0.387 e. The highest BCUT2D eigenvalue weighted by molar-refractivity contribution is 5.95. The monoisotopic (exact) mass is 579 g/mol. The lowest BCUT2D eigenvalue weighted by Crippen LogP contribution is -2.45. The number of carbonyl (C=O) groups is 1. The van der Waals surface area contributed by atoms with E-state index in [1.54, 1.807) is 12.4 Å². The van der Waals surface area contributed by atoms with Gasteiger partial charge in [0, 0.05) is 87.0 Å². The molecule has 3 aliphatic rings. The molecule has 3 aromatic heterocycles. The van der Waals surface area contributed by atoms with Crippen LogP contribution in [-0.4, -0.2) is 99.8 Å². The van der Waals surface area contributed by atoms with Gasteiger partial charge in [0.25, 0.3) is 5.91 Å². The quantitative estimate of drug-likeness (QED) is 0.303. The van der Waals surface area contributed by atoms with Crippen LogP contribution in [-0.2, 0) is 17.8 Å². The van der Waals surface area contributed by atoms with Crippen LogP contribution in [0.5, 0.6) is 0 Å². The fourth-order valence-electron chi connectivity index (χ4n) is 6.02. The van der Waals surface area contributed by atoms with Gasteiger partial charge in [-0.3, -0.25) is 19.8 Å². The van der Waals surface area contributed by atoms with Gasteiger partial charge in [-0.2, -0.15) is 5.10 Å². The molecule has 0 unspecified atom stereocenters. The molecule has 2 saturated heterocycles. The number of piperazine rings is 1. The van der Waals surface area contributed by atoms with Crippen molar-refractivity contribution < 1.29 is 9.53 Å². The summed E-state index contributed by atoms with van der Waals surface area (Å²) in [4.78, 5) is 29.4. The van der Waals surface area contributed by atoms with Crippen molar-refractivity contribution in [3.05, 3.63) is 71.3 Å². The van der Waals surface area contributed by atoms with E-state index in [1.807, 2.05) is 17.2 Å². The molecule has 0 atom stereocenters. The SMILES string of the molecule is CCN1CCN(Cc2n[nH]c3cc(Nc4nc(-c5cncc(C(=O)N6CCOCC6)c5)cc5c4CNC=C5)ccc23)CC1. The van der Waals surface area contributed by atoms with Crippen molar-refractivity contribution in [2.75, 3.05) is 64.3 Å². The second-order valence-electron chi connectivity index (χ2n) is 11.3. The molecule has 11 heteroatoms. The Hall–Kier alpha value is -4.32. The summed E-state index contributed by atoms with van der Waals surface area (Å²) in [6.45, 7) is 11.5. The van der Waals surface area contributed by atoms with Gasteiger partial charge in [0.15, 0.2) is 0 Å². The van der Waals surface area contributed by atoms with Crippen molar-refractivity contribution >= 4 is 34.4 Å². The Morgan fingerprint density at radius 2 is 1.86 bits per heavy atom. The number of amides is 1. The molecule has 3 aliphatic heterocycles. The predicted octanol–water partition coefficient (Wildman–Crippen LogP) is 3.45. The Bertz CT molecular complexity index is 1650. The van der Waals surface area contributed by atoms with Crippen LogP contribution in [0, 0.1) is 0 Å². The Morgan fingerprint density at radius 3 is 2.70 bits per heavy atom. The molecule has 3 N–H and O–H groups in total. The number of H-pyrrole nitrogens is 1. The van der Waals surface area contributed by atoms with Crippen LogP contribution in [0.15, 0.2) is 48.9 Å². The maximum absolute atomic E-state index is 13.1. The molecule has 11 nitrogen and oxygen atoms in total. The van der Waals surface area contributed by atoms with Gasteiger partial charge >= 0.3 is 0 Å². The van der Waals surface area contributed by atoms with Crippen LogP contribution >= 0.6 is 0 Å². The number of fused-ring (bicyclic) bond motifs is 2. The molecule has 4 aromatic rings. The summed E-state index contributed by atoms with van der Waals surface area (Å²) in [5, 5.41) is 15.9. The molecule has 7 rings (SSSR count). The molecular weight excluding hydrogens is 542 g/mol. The fourth-order valence-corrected chi connectivity index (χ4v) is 6.02. The zero-order valence-electron chi connectivity index (χ0n) is 24.5. The molecule has 0 radical (unpaired) electrons. The van der Waals surface area contributed by atoms with Crippen LogP contribution in [0.25, 0.3) is 28.2 Å². The minimum absolute atomic E-state index is 0.0338. The second kappa shape index (κ2) is 12.1. The summed E-state index contributed by atoms with van der Waals surface area (Å²) in [5.41, 5.74) is 7.26. The van der Waals surface area contributed by atoms with Gasteiger partial charge in [0.2, 0.25) is 0 Å². The third-order valence-corrected chi connectivity index (χ3v) is 8.59. The molecule has 222 valence electrons. The summed E-state index contributed by atoms with van der Waals surface area (Å²) in [7, 11) is 0. The number of rotatable bonds is 7. The summed E-state index contributed by atoms with van der Waals surface area (Å²) in [6.07, 6.45) is 7.39. The first-order valence-corrected chi connectivity index (χ1v) is 15.1. The second-order valence-corrected chi connectivity index (χ2v) is 11.3. The molecule has 0 bridgehead atoms. The van der Waals surface area contributed by atoms with Crippen molar-refractivity contribution in [3.63, 3.8) is 0 Å². The lowest BCUT2D eigenvalue weighted by molar-refractivity contribution is 0.0302. The summed E-state index contributed by atoms with van der Waals surface area (Å²) < 4.78 is 5.41. The molecule has 0 aliphatic carbocycles. The highest BCUT2D eigenvalue weighted by Gasteiger charge is 2.21. The van der Waals surface area contributed by atoms with E-state index in [4.69, 9.17) is 9.72 Å². The van der Waals surface area contributed by atoms with Crippen LogP contribution < -0.4 is 10.6 Å². The summed E-state index contributed by atoms with van der Waals surface area (Å²) >= 11 is 0. The molecule has 1 amide bonds. The molecular formula is C32H37N9O2. The van der Waals surface area contributed by atoms with Crippen molar-refractivity contribution in [1.82, 2.24) is 40.2 Å². The normalized spacial score (nSPS) is 17.6. The fraction of sp³-hybridized carbons (Fsp3) is 0.375. The number of hydrogen-bond donors (Lipinski definition) is 3. The van der Waals surface area contributed by atoms with Crippen molar-refractivity contribution in [3.8, 4) is 11.3 Å². The Morgan fingerprint density at radius 1 is 1.02 bits per heavy atom. The third kappa shape index (κ3) is 5.83. The zero-order valence-corrected chi connectivity index (χ0v) is 24.5. The first-order valence-electron chi connectivity index (χ1n) is 15.1. The first kappa shape index (κ1) is 27.5. The van der Waals surface area contributed by atoms with E-state index in [0.29, 0.717) is 38.4 Å². The topological polar surface area (TPSA) is 115 Å². The highest BCUT2D eigenvalue weighted by Crippen LogP contribution is 2.31. The van der Waals surface area contributed by atoms with Crippen molar-refractivity contribution in [2.45, 2.75) is 20.0 Å². The number of hydrogen-bond acceptors (Lipinski definition) is 9. The number of benzene rings is 1. The summed E-state index contributed by atoms with van der Waals surface area (Å²) in [6, 6.07) is 10.3. The number of likely N-dealkylation sites (N-methyl/N-ethyl adjacent to an activating group) is 1. The van der Waals surface area contributed by atoms with E-state index >= 15 is 0 Å². The molecule has 0 saturated carbocycles. The number of carbonyl (C=O) groups excluding carboxylic acids is 1. The number of aromatic amines is 1. The van der Waals surface area contributed by atoms with Crippen LogP contribution in [0.4, 0.5) is 11.5 Å². The first-order chi connectivity index (χ1) is 21.1. The zero-order chi connectivity index (χ0) is 29.2. The number of ether oxygens (including phenoxy) is 1. The summed E-state index contributed by atoms with van der Waals surface area (Å²) in [5.74, 6) is 0.732. The van der Waals surface area contributed by atoms with Gasteiger partial charge in [-0.15, -0.1) is 0 Å². The van der Waals surface area contributed by atoms with Crippen molar-refractivity contribution in [2.24, 2.45) is 0 Å². The Labute approximate surface area is 250 Å². The van der Waals surface area contributed by atoms with Gasteiger partial charge in [-0.1, -0.05) is 6.92 Å². The van der Waals surface area contributed by atoms with E-state index in [1.165, 1.54) is 0 Å². The predicted molar refractivity (Wildman–Crippen MR) is 167 cm³/mol. The van der Waals surface area contributed by atoms with E-state index in [-0.39, 0.29) is 5.91 Å². The van der Waals surface area contributed by atoms with Crippen LogP contribution in [0.3, 0.4) is 0 Å². The molecule has 0 spiro atoms. The third-order valence-electron chi connectivity index (χ3n) is 8.59. The van der Waals surface area contributed by atoms with Crippen molar-refractivity contribution in [1.29, 1.82) is 0 Å². The Balaban J connectivity index is 1.14. The lowest BCUT2D eigenvalue weighted by atomic mass is 10.0. The largest absolute Gasteiger partial charge is 0.387 e. The van der Waals surface area contributed by atoms with Crippen LogP contribution in [0.2, 0.25) is 0 Å². The molecule has 43 heavy (non-hydrogen) atoms. The standard InChI is InChI=1S/C32H37N9O2/c1-2-39-7-9-40(10-8-39)21-30-26-4-3-25(17-29(26)37-38-30)35-31-27-20-33-6-5-22(27)16-28(36-31)23-15-24(19-34-18-23)32(42)41-11-13-43-14-12-41/h3-6,15-19,33H,2,7-14,20-21H2,1H3,(H,35,36)(H,37,38). The number of nitrogens with one attached hydrogen (secondary N) is 3. The average Bonchev–Trinajstić information content (AvgIpc) is 3.46. The minimum atomic E-state index is -0.0338. The number of aromatic nitrogens is 4. The van der Waals surface area contributed by atoms with E-state index < -0.39 is 0 Å². The maximum Gasteiger partial charge on any atom is 0.255 e.